The number of nitrogens with zero attached hydrogens (tertiary/aromatic N) is 1. The molecule has 17 heavy (non-hydrogen) atoms. The molecule has 0 saturated carbocycles. The summed E-state index contributed by atoms with van der Waals surface area (Å²) in [6.45, 7) is 7.65. The lowest BCUT2D eigenvalue weighted by atomic mass is 10.2. The Balaban J connectivity index is 3.21. The van der Waals surface area contributed by atoms with Crippen molar-refractivity contribution in [2.24, 2.45) is 0 Å². The van der Waals surface area contributed by atoms with Gasteiger partial charge in [0.1, 0.15) is 0 Å². The fraction of sp³-hybridized carbons (Fsp3) is 0.333. The fourth-order valence-corrected chi connectivity index (χ4v) is 3.47. The van der Waals surface area contributed by atoms with Crippen molar-refractivity contribution in [3.05, 3.63) is 40.4 Å². The average molecular weight is 318 g/mol. The van der Waals surface area contributed by atoms with Crippen molar-refractivity contribution >= 4 is 26.0 Å². The number of halogens is 1. The highest BCUT2D eigenvalue weighted by Gasteiger charge is 2.22. The summed E-state index contributed by atoms with van der Waals surface area (Å²) in [4.78, 5) is 0.329. The number of benzene rings is 1. The van der Waals surface area contributed by atoms with Gasteiger partial charge in [0.2, 0.25) is 10.0 Å². The third-order valence-corrected chi connectivity index (χ3v) is 4.77. The van der Waals surface area contributed by atoms with Crippen LogP contribution in [0.4, 0.5) is 0 Å². The second kappa shape index (κ2) is 5.33. The van der Waals surface area contributed by atoms with Crippen LogP contribution in [0.3, 0.4) is 0 Å². The maximum atomic E-state index is 12.3. The summed E-state index contributed by atoms with van der Waals surface area (Å²) in [5, 5.41) is 0. The smallest absolute Gasteiger partial charge is 0.207 e. The Labute approximate surface area is 111 Å². The van der Waals surface area contributed by atoms with Crippen LogP contribution < -0.4 is 0 Å². The van der Waals surface area contributed by atoms with Crippen molar-refractivity contribution in [3.8, 4) is 0 Å². The van der Waals surface area contributed by atoms with E-state index in [1.165, 1.54) is 4.31 Å². The Morgan fingerprint density at radius 2 is 2.06 bits per heavy atom. The van der Waals surface area contributed by atoms with Crippen LogP contribution in [0.5, 0.6) is 0 Å². The number of likely N-dealkylation sites (N-methyl/N-ethyl adjacent to an activating group) is 1. The number of sulfonamides is 1. The zero-order valence-electron chi connectivity index (χ0n) is 10.2. The van der Waals surface area contributed by atoms with Crippen LogP contribution in [0.2, 0.25) is 0 Å². The molecule has 0 saturated heterocycles. The Hall–Kier alpha value is -0.650. The van der Waals surface area contributed by atoms with E-state index in [-0.39, 0.29) is 0 Å². The Morgan fingerprint density at radius 3 is 2.59 bits per heavy atom. The van der Waals surface area contributed by atoms with E-state index in [1.54, 1.807) is 33.0 Å². The standard InChI is InChI=1S/C12H16BrNO2S/c1-9(2)8-14(4)17(15,16)12-7-11(13)6-5-10(12)3/h5-7H,1,8H2,2-4H3. The van der Waals surface area contributed by atoms with Gasteiger partial charge in [0.05, 0.1) is 4.90 Å². The molecule has 0 unspecified atom stereocenters. The second-order valence-electron chi connectivity index (χ2n) is 4.13. The number of hydrogen-bond donors (Lipinski definition) is 0. The SMILES string of the molecule is C=C(C)CN(C)S(=O)(=O)c1cc(Br)ccc1C. The maximum Gasteiger partial charge on any atom is 0.243 e. The minimum absolute atomic E-state index is 0.328. The lowest BCUT2D eigenvalue weighted by Crippen LogP contribution is -2.28. The van der Waals surface area contributed by atoms with E-state index in [1.807, 2.05) is 6.07 Å². The van der Waals surface area contributed by atoms with Crippen LogP contribution in [0.15, 0.2) is 39.7 Å². The summed E-state index contributed by atoms with van der Waals surface area (Å²) in [7, 11) is -1.88. The van der Waals surface area contributed by atoms with Gasteiger partial charge in [0.25, 0.3) is 0 Å². The molecule has 1 rings (SSSR count). The monoisotopic (exact) mass is 317 g/mol. The lowest BCUT2D eigenvalue weighted by molar-refractivity contribution is 0.492. The maximum absolute atomic E-state index is 12.3. The summed E-state index contributed by atoms with van der Waals surface area (Å²) in [5.41, 5.74) is 1.55. The van der Waals surface area contributed by atoms with E-state index in [4.69, 9.17) is 0 Å². The van der Waals surface area contributed by atoms with Gasteiger partial charge in [-0.1, -0.05) is 34.1 Å². The van der Waals surface area contributed by atoms with Gasteiger partial charge in [0, 0.05) is 18.1 Å². The molecule has 0 aromatic heterocycles. The molecule has 3 nitrogen and oxygen atoms in total. The minimum Gasteiger partial charge on any atom is -0.207 e. The Kier molecular flexibility index (Phi) is 4.52. The van der Waals surface area contributed by atoms with Gasteiger partial charge in [-0.05, 0) is 31.5 Å². The van der Waals surface area contributed by atoms with Crippen LogP contribution in [0.1, 0.15) is 12.5 Å². The van der Waals surface area contributed by atoms with E-state index < -0.39 is 10.0 Å². The molecule has 0 bridgehead atoms. The highest BCUT2D eigenvalue weighted by atomic mass is 79.9. The molecule has 0 fully saturated rings. The molecule has 1 aromatic carbocycles. The first-order chi connectivity index (χ1) is 7.75. The molecular weight excluding hydrogens is 302 g/mol. The van der Waals surface area contributed by atoms with Crippen LogP contribution in [0.25, 0.3) is 0 Å². The zero-order valence-corrected chi connectivity index (χ0v) is 12.6. The first-order valence-corrected chi connectivity index (χ1v) is 7.35. The molecule has 0 aliphatic heterocycles. The molecule has 0 aliphatic rings. The lowest BCUT2D eigenvalue weighted by Gasteiger charge is -2.18. The first kappa shape index (κ1) is 14.4. The molecule has 0 atom stereocenters. The molecule has 0 N–H and O–H groups in total. The number of hydrogen-bond acceptors (Lipinski definition) is 2. The average Bonchev–Trinajstić information content (AvgIpc) is 2.20. The molecule has 0 radical (unpaired) electrons. The van der Waals surface area contributed by atoms with Crippen molar-refractivity contribution in [1.82, 2.24) is 4.31 Å². The summed E-state index contributed by atoms with van der Waals surface area (Å²) < 4.78 is 26.7. The zero-order chi connectivity index (χ0) is 13.2. The van der Waals surface area contributed by atoms with Gasteiger partial charge < -0.3 is 0 Å². The minimum atomic E-state index is -3.44. The van der Waals surface area contributed by atoms with Crippen molar-refractivity contribution in [2.75, 3.05) is 13.6 Å². The summed E-state index contributed by atoms with van der Waals surface area (Å²) in [6, 6.07) is 5.23. The van der Waals surface area contributed by atoms with E-state index in [9.17, 15) is 8.42 Å². The third kappa shape index (κ3) is 3.40. The van der Waals surface area contributed by atoms with Gasteiger partial charge in [-0.3, -0.25) is 0 Å². The van der Waals surface area contributed by atoms with Crippen molar-refractivity contribution in [3.63, 3.8) is 0 Å². The quantitative estimate of drug-likeness (QED) is 0.801. The van der Waals surface area contributed by atoms with Crippen LogP contribution in [0, 0.1) is 6.92 Å². The van der Waals surface area contributed by atoms with Gasteiger partial charge in [-0.2, -0.15) is 4.31 Å². The molecule has 0 aliphatic carbocycles. The predicted molar refractivity (Wildman–Crippen MR) is 73.5 cm³/mol. The van der Waals surface area contributed by atoms with Gasteiger partial charge in [-0.25, -0.2) is 8.42 Å². The van der Waals surface area contributed by atoms with E-state index in [0.717, 1.165) is 15.6 Å². The Morgan fingerprint density at radius 1 is 1.47 bits per heavy atom. The highest BCUT2D eigenvalue weighted by Crippen LogP contribution is 2.23. The van der Waals surface area contributed by atoms with E-state index in [0.29, 0.717) is 11.4 Å². The molecule has 94 valence electrons. The van der Waals surface area contributed by atoms with E-state index >= 15 is 0 Å². The summed E-state index contributed by atoms with van der Waals surface area (Å²) in [6.07, 6.45) is 0. The number of rotatable bonds is 4. The normalized spacial score (nSPS) is 11.8. The van der Waals surface area contributed by atoms with Gasteiger partial charge in [-0.15, -0.1) is 0 Å². The van der Waals surface area contributed by atoms with E-state index in [2.05, 4.69) is 22.5 Å². The van der Waals surface area contributed by atoms with Gasteiger partial charge >= 0.3 is 0 Å². The topological polar surface area (TPSA) is 37.4 Å². The van der Waals surface area contributed by atoms with Gasteiger partial charge in [0.15, 0.2) is 0 Å². The first-order valence-electron chi connectivity index (χ1n) is 5.12. The molecule has 1 aromatic rings. The van der Waals surface area contributed by atoms with Crippen LogP contribution in [-0.4, -0.2) is 26.3 Å². The second-order valence-corrected chi connectivity index (χ2v) is 7.06. The van der Waals surface area contributed by atoms with Crippen molar-refractivity contribution in [2.45, 2.75) is 18.7 Å². The largest absolute Gasteiger partial charge is 0.243 e. The number of aryl methyl sites for hydroxylation is 1. The molecular formula is C12H16BrNO2S. The fourth-order valence-electron chi connectivity index (χ4n) is 1.48. The summed E-state index contributed by atoms with van der Waals surface area (Å²) in [5.74, 6) is 0. The molecule has 0 amide bonds. The highest BCUT2D eigenvalue weighted by molar-refractivity contribution is 9.10. The van der Waals surface area contributed by atoms with Crippen molar-refractivity contribution < 1.29 is 8.42 Å². The van der Waals surface area contributed by atoms with Crippen molar-refractivity contribution in [1.29, 1.82) is 0 Å². The van der Waals surface area contributed by atoms with Crippen LogP contribution >= 0.6 is 15.9 Å². The molecule has 5 heteroatoms. The Bertz CT molecular complexity index is 537. The van der Waals surface area contributed by atoms with Crippen LogP contribution in [-0.2, 0) is 10.0 Å². The molecule has 0 heterocycles. The third-order valence-electron chi connectivity index (χ3n) is 2.33. The molecule has 0 spiro atoms. The summed E-state index contributed by atoms with van der Waals surface area (Å²) >= 11 is 3.29. The predicted octanol–water partition coefficient (Wildman–Crippen LogP) is 2.95.